The summed E-state index contributed by atoms with van der Waals surface area (Å²) in [5.41, 5.74) is 4.21. The van der Waals surface area contributed by atoms with E-state index in [4.69, 9.17) is 4.74 Å². The summed E-state index contributed by atoms with van der Waals surface area (Å²) in [6, 6.07) is 15.5. The van der Waals surface area contributed by atoms with Gasteiger partial charge in [0.15, 0.2) is 0 Å². The van der Waals surface area contributed by atoms with Crippen molar-refractivity contribution in [3.05, 3.63) is 83.2 Å². The van der Waals surface area contributed by atoms with Crippen LogP contribution in [0.1, 0.15) is 41.3 Å². The van der Waals surface area contributed by atoms with Gasteiger partial charge in [0.1, 0.15) is 18.4 Å². The maximum atomic E-state index is 12.7. The molecule has 0 saturated carbocycles. The number of rotatable bonds is 8. The number of carbonyl (C=O) groups excluding carboxylic acids is 1. The molecule has 29 heavy (non-hydrogen) atoms. The number of hydrogen-bond acceptors (Lipinski definition) is 4. The molecular weight excluding hydrogens is 364 g/mol. The summed E-state index contributed by atoms with van der Waals surface area (Å²) >= 11 is 0. The van der Waals surface area contributed by atoms with Crippen molar-refractivity contribution in [2.75, 3.05) is 7.05 Å². The van der Waals surface area contributed by atoms with Crippen molar-refractivity contribution >= 4 is 5.91 Å². The van der Waals surface area contributed by atoms with Crippen molar-refractivity contribution < 1.29 is 9.53 Å². The van der Waals surface area contributed by atoms with Crippen molar-refractivity contribution in [1.29, 1.82) is 0 Å². The molecule has 152 valence electrons. The molecule has 0 spiro atoms. The Kier molecular flexibility index (Phi) is 6.67. The quantitative estimate of drug-likeness (QED) is 0.616. The molecule has 0 aliphatic heterocycles. The number of benzene rings is 2. The topological polar surface area (TPSA) is 68.2 Å². The molecule has 0 radical (unpaired) electrons. The molecule has 1 amide bonds. The van der Waals surface area contributed by atoms with Crippen LogP contribution < -0.4 is 15.4 Å². The van der Waals surface area contributed by atoms with Crippen LogP contribution in [0.2, 0.25) is 0 Å². The first kappa shape index (κ1) is 20.6. The number of carbonyl (C=O) groups is 1. The van der Waals surface area contributed by atoms with E-state index in [-0.39, 0.29) is 11.9 Å². The number of aryl methyl sites for hydroxylation is 2. The Morgan fingerprint density at radius 2 is 1.93 bits per heavy atom. The molecule has 2 atom stereocenters. The molecule has 0 fully saturated rings. The molecule has 6 heteroatoms. The number of likely N-dealkylation sites (N-methyl/N-ethyl adjacent to an activating group) is 1. The third-order valence-electron chi connectivity index (χ3n) is 4.84. The molecule has 2 N–H and O–H groups in total. The van der Waals surface area contributed by atoms with Crippen LogP contribution >= 0.6 is 0 Å². The number of aromatic nitrogens is 2. The molecule has 0 bridgehead atoms. The fourth-order valence-corrected chi connectivity index (χ4v) is 3.24. The zero-order valence-corrected chi connectivity index (χ0v) is 17.3. The number of nitrogens with zero attached hydrogens (tertiary/aromatic N) is 2. The van der Waals surface area contributed by atoms with Crippen molar-refractivity contribution in [3.63, 3.8) is 0 Å². The molecular formula is C23H28N4O2. The van der Waals surface area contributed by atoms with Crippen LogP contribution in [0.25, 0.3) is 0 Å². The second-order valence-corrected chi connectivity index (χ2v) is 7.25. The highest BCUT2D eigenvalue weighted by Gasteiger charge is 2.22. The predicted molar refractivity (Wildman–Crippen MR) is 114 cm³/mol. The molecule has 0 aliphatic rings. The minimum Gasteiger partial charge on any atom is -0.489 e. The van der Waals surface area contributed by atoms with E-state index >= 15 is 0 Å². The van der Waals surface area contributed by atoms with Gasteiger partial charge in [-0.25, -0.2) is 0 Å². The Bertz CT molecular complexity index is 950. The van der Waals surface area contributed by atoms with Crippen molar-refractivity contribution in [3.8, 4) is 5.75 Å². The van der Waals surface area contributed by atoms with Gasteiger partial charge in [-0.05, 0) is 44.2 Å². The van der Waals surface area contributed by atoms with E-state index in [9.17, 15) is 4.79 Å². The average Bonchev–Trinajstić information content (AvgIpc) is 3.13. The Balaban J connectivity index is 1.58. The highest BCUT2D eigenvalue weighted by molar-refractivity contribution is 5.83. The molecule has 2 unspecified atom stereocenters. The number of hydrogen-bond donors (Lipinski definition) is 2. The van der Waals surface area contributed by atoms with Gasteiger partial charge in [0.25, 0.3) is 0 Å². The zero-order valence-electron chi connectivity index (χ0n) is 17.3. The van der Waals surface area contributed by atoms with E-state index in [1.54, 1.807) is 17.9 Å². The van der Waals surface area contributed by atoms with Crippen molar-refractivity contribution in [1.82, 2.24) is 20.4 Å². The zero-order chi connectivity index (χ0) is 20.8. The predicted octanol–water partition coefficient (Wildman–Crippen LogP) is 3.45. The van der Waals surface area contributed by atoms with Crippen molar-refractivity contribution in [2.24, 2.45) is 7.05 Å². The lowest BCUT2D eigenvalue weighted by Crippen LogP contribution is -2.37. The van der Waals surface area contributed by atoms with Gasteiger partial charge in [0.05, 0.1) is 12.2 Å². The minimum absolute atomic E-state index is 0.0900. The molecule has 1 heterocycles. The van der Waals surface area contributed by atoms with Crippen LogP contribution in [0, 0.1) is 6.92 Å². The number of ether oxygens (including phenoxy) is 1. The first-order valence-electron chi connectivity index (χ1n) is 9.70. The van der Waals surface area contributed by atoms with E-state index in [1.807, 2.05) is 50.5 Å². The molecule has 3 aromatic rings. The monoisotopic (exact) mass is 392 g/mol. The summed E-state index contributed by atoms with van der Waals surface area (Å²) in [5.74, 6) is 0.713. The van der Waals surface area contributed by atoms with Gasteiger partial charge in [0.2, 0.25) is 5.91 Å². The fourth-order valence-electron chi connectivity index (χ4n) is 3.24. The Hall–Kier alpha value is -3.12. The second-order valence-electron chi connectivity index (χ2n) is 7.25. The van der Waals surface area contributed by atoms with Crippen LogP contribution in [0.5, 0.6) is 5.75 Å². The lowest BCUT2D eigenvalue weighted by atomic mass is 10.1. The molecule has 0 saturated heterocycles. The van der Waals surface area contributed by atoms with Crippen LogP contribution in [-0.4, -0.2) is 22.7 Å². The SMILES string of the molecule is CNC(C(=O)NC(C)c1ccc(OCc2cccc(C)c2)cc1)c1cnn(C)c1. The van der Waals surface area contributed by atoms with Gasteiger partial charge in [-0.3, -0.25) is 9.48 Å². The normalized spacial score (nSPS) is 13.0. The summed E-state index contributed by atoms with van der Waals surface area (Å²) in [4.78, 5) is 12.7. The number of amides is 1. The second kappa shape index (κ2) is 9.39. The molecule has 3 rings (SSSR count). The molecule has 2 aromatic carbocycles. The highest BCUT2D eigenvalue weighted by atomic mass is 16.5. The van der Waals surface area contributed by atoms with Gasteiger partial charge in [-0.1, -0.05) is 42.0 Å². The van der Waals surface area contributed by atoms with E-state index in [0.717, 1.165) is 22.4 Å². The lowest BCUT2D eigenvalue weighted by molar-refractivity contribution is -0.123. The standard InChI is InChI=1S/C23H28N4O2/c1-16-6-5-7-18(12-16)15-29-21-10-8-19(9-11-21)17(2)26-23(28)22(24-3)20-13-25-27(4)14-20/h5-14,17,22,24H,15H2,1-4H3,(H,26,28). The lowest BCUT2D eigenvalue weighted by Gasteiger charge is -2.19. The molecule has 0 aliphatic carbocycles. The third-order valence-corrected chi connectivity index (χ3v) is 4.84. The van der Waals surface area contributed by atoms with E-state index < -0.39 is 6.04 Å². The fraction of sp³-hybridized carbons (Fsp3) is 0.304. The highest BCUT2D eigenvalue weighted by Crippen LogP contribution is 2.20. The van der Waals surface area contributed by atoms with Gasteiger partial charge in [-0.2, -0.15) is 5.10 Å². The van der Waals surface area contributed by atoms with Crippen LogP contribution in [0.15, 0.2) is 60.9 Å². The summed E-state index contributed by atoms with van der Waals surface area (Å²) in [6.07, 6.45) is 3.54. The summed E-state index contributed by atoms with van der Waals surface area (Å²) in [7, 11) is 3.60. The van der Waals surface area contributed by atoms with Gasteiger partial charge < -0.3 is 15.4 Å². The van der Waals surface area contributed by atoms with Gasteiger partial charge in [-0.15, -0.1) is 0 Å². The van der Waals surface area contributed by atoms with Crippen LogP contribution in [0.3, 0.4) is 0 Å². The first-order chi connectivity index (χ1) is 14.0. The smallest absolute Gasteiger partial charge is 0.242 e. The summed E-state index contributed by atoms with van der Waals surface area (Å²) < 4.78 is 7.56. The maximum absolute atomic E-state index is 12.7. The molecule has 6 nitrogen and oxygen atoms in total. The van der Waals surface area contributed by atoms with E-state index in [1.165, 1.54) is 5.56 Å². The van der Waals surface area contributed by atoms with Crippen LogP contribution in [0.4, 0.5) is 0 Å². The average molecular weight is 393 g/mol. The van der Waals surface area contributed by atoms with Crippen LogP contribution in [-0.2, 0) is 18.4 Å². The third kappa shape index (κ3) is 5.45. The Labute approximate surface area is 171 Å². The van der Waals surface area contributed by atoms with Gasteiger partial charge in [0, 0.05) is 18.8 Å². The largest absolute Gasteiger partial charge is 0.489 e. The minimum atomic E-state index is -0.442. The first-order valence-corrected chi connectivity index (χ1v) is 9.70. The van der Waals surface area contributed by atoms with E-state index in [0.29, 0.717) is 6.61 Å². The van der Waals surface area contributed by atoms with Gasteiger partial charge >= 0.3 is 0 Å². The summed E-state index contributed by atoms with van der Waals surface area (Å²) in [5, 5.41) is 10.2. The number of nitrogens with one attached hydrogen (secondary N) is 2. The van der Waals surface area contributed by atoms with E-state index in [2.05, 4.69) is 40.9 Å². The Morgan fingerprint density at radius 3 is 2.55 bits per heavy atom. The molecule has 1 aromatic heterocycles. The maximum Gasteiger partial charge on any atom is 0.242 e. The summed E-state index contributed by atoms with van der Waals surface area (Å²) in [6.45, 7) is 4.57. The Morgan fingerprint density at radius 1 is 1.17 bits per heavy atom. The van der Waals surface area contributed by atoms with Crippen molar-refractivity contribution in [2.45, 2.75) is 32.5 Å².